The molecular weight excluding hydrogens is 252 g/mol. The molecule has 0 aliphatic carbocycles. The predicted octanol–water partition coefficient (Wildman–Crippen LogP) is 1.77. The number of benzene rings is 1. The summed E-state index contributed by atoms with van der Waals surface area (Å²) in [6.45, 7) is 6.06. The molecule has 112 valence electrons. The van der Waals surface area contributed by atoms with Gasteiger partial charge in [-0.25, -0.2) is 0 Å². The molecule has 0 aromatic heterocycles. The Morgan fingerprint density at radius 1 is 1.40 bits per heavy atom. The molecule has 2 rings (SSSR count). The number of rotatable bonds is 6. The Kier molecular flexibility index (Phi) is 5.40. The van der Waals surface area contributed by atoms with Gasteiger partial charge >= 0.3 is 0 Å². The van der Waals surface area contributed by atoms with Crippen LogP contribution in [0.5, 0.6) is 0 Å². The van der Waals surface area contributed by atoms with E-state index < -0.39 is 5.60 Å². The van der Waals surface area contributed by atoms with Crippen molar-refractivity contribution in [3.05, 3.63) is 29.8 Å². The van der Waals surface area contributed by atoms with Gasteiger partial charge in [0, 0.05) is 39.0 Å². The number of piperidine rings is 1. The first-order valence-corrected chi connectivity index (χ1v) is 7.37. The normalized spacial score (nSPS) is 23.1. The van der Waals surface area contributed by atoms with Crippen molar-refractivity contribution in [1.82, 2.24) is 5.32 Å². The lowest BCUT2D eigenvalue weighted by atomic mass is 9.94. The SMILES string of the molecule is COCCNCc1ccccc1N1CCCC(C)(O)C1. The smallest absolute Gasteiger partial charge is 0.0794 e. The Hall–Kier alpha value is -1.10. The average Bonchev–Trinajstić information content (AvgIpc) is 2.43. The minimum absolute atomic E-state index is 0.575. The number of anilines is 1. The zero-order chi connectivity index (χ0) is 14.4. The Balaban J connectivity index is 2.03. The second-order valence-corrected chi connectivity index (χ2v) is 5.82. The maximum atomic E-state index is 10.3. The molecule has 1 saturated heterocycles. The average molecular weight is 278 g/mol. The van der Waals surface area contributed by atoms with Gasteiger partial charge in [-0.15, -0.1) is 0 Å². The standard InChI is InChI=1S/C16H26N2O2/c1-16(19)8-5-10-18(13-16)15-7-4-3-6-14(15)12-17-9-11-20-2/h3-4,6-7,17,19H,5,8-13H2,1-2H3. The summed E-state index contributed by atoms with van der Waals surface area (Å²) in [6, 6.07) is 8.43. The molecule has 1 atom stereocenters. The highest BCUT2D eigenvalue weighted by Gasteiger charge is 2.29. The Morgan fingerprint density at radius 2 is 2.20 bits per heavy atom. The third-order valence-corrected chi connectivity index (χ3v) is 3.81. The molecule has 4 nitrogen and oxygen atoms in total. The van der Waals surface area contributed by atoms with Crippen molar-refractivity contribution in [3.63, 3.8) is 0 Å². The van der Waals surface area contributed by atoms with Crippen LogP contribution in [-0.2, 0) is 11.3 Å². The molecule has 4 heteroatoms. The Morgan fingerprint density at radius 3 is 2.95 bits per heavy atom. The molecule has 0 saturated carbocycles. The monoisotopic (exact) mass is 278 g/mol. The highest BCUT2D eigenvalue weighted by Crippen LogP contribution is 2.28. The summed E-state index contributed by atoms with van der Waals surface area (Å²) in [7, 11) is 1.71. The van der Waals surface area contributed by atoms with Crippen LogP contribution in [0, 0.1) is 0 Å². The molecule has 1 heterocycles. The molecule has 1 aromatic carbocycles. The summed E-state index contributed by atoms with van der Waals surface area (Å²) in [4.78, 5) is 2.30. The van der Waals surface area contributed by atoms with E-state index in [9.17, 15) is 5.11 Å². The maximum absolute atomic E-state index is 10.3. The summed E-state index contributed by atoms with van der Waals surface area (Å²) in [5, 5.41) is 13.7. The summed E-state index contributed by atoms with van der Waals surface area (Å²) in [5.41, 5.74) is 1.94. The van der Waals surface area contributed by atoms with Gasteiger partial charge in [0.2, 0.25) is 0 Å². The van der Waals surface area contributed by atoms with Crippen molar-refractivity contribution in [2.75, 3.05) is 38.3 Å². The molecule has 2 N–H and O–H groups in total. The molecule has 0 amide bonds. The van der Waals surface area contributed by atoms with Crippen molar-refractivity contribution < 1.29 is 9.84 Å². The third-order valence-electron chi connectivity index (χ3n) is 3.81. The van der Waals surface area contributed by atoms with Crippen LogP contribution in [0.2, 0.25) is 0 Å². The number of ether oxygens (including phenoxy) is 1. The quantitative estimate of drug-likeness (QED) is 0.779. The van der Waals surface area contributed by atoms with Crippen LogP contribution in [0.25, 0.3) is 0 Å². The first-order valence-electron chi connectivity index (χ1n) is 7.37. The fourth-order valence-corrected chi connectivity index (χ4v) is 2.79. The van der Waals surface area contributed by atoms with E-state index in [1.54, 1.807) is 7.11 Å². The van der Waals surface area contributed by atoms with E-state index >= 15 is 0 Å². The first kappa shape index (κ1) is 15.3. The van der Waals surface area contributed by atoms with Crippen molar-refractivity contribution >= 4 is 5.69 Å². The van der Waals surface area contributed by atoms with Crippen LogP contribution in [-0.4, -0.2) is 44.1 Å². The number of β-amino-alcohol motifs (C(OH)–C–C–N with tert-alkyl or cyclic N) is 1. The lowest BCUT2D eigenvalue weighted by Gasteiger charge is -2.39. The van der Waals surface area contributed by atoms with E-state index in [0.717, 1.165) is 39.1 Å². The summed E-state index contributed by atoms with van der Waals surface area (Å²) in [5.74, 6) is 0. The number of aliphatic hydroxyl groups is 1. The minimum Gasteiger partial charge on any atom is -0.388 e. The van der Waals surface area contributed by atoms with Gasteiger partial charge in [0.1, 0.15) is 0 Å². The third kappa shape index (κ3) is 4.20. The number of nitrogens with one attached hydrogen (secondary N) is 1. The first-order chi connectivity index (χ1) is 9.62. The number of para-hydroxylation sites is 1. The Bertz CT molecular complexity index is 421. The second kappa shape index (κ2) is 7.07. The number of nitrogens with zero attached hydrogens (tertiary/aromatic N) is 1. The van der Waals surface area contributed by atoms with Crippen molar-refractivity contribution in [1.29, 1.82) is 0 Å². The van der Waals surface area contributed by atoms with Crippen molar-refractivity contribution in [2.24, 2.45) is 0 Å². The van der Waals surface area contributed by atoms with Gasteiger partial charge < -0.3 is 20.1 Å². The molecule has 1 aromatic rings. The molecule has 0 radical (unpaired) electrons. The van der Waals surface area contributed by atoms with E-state index in [2.05, 4.69) is 34.5 Å². The van der Waals surface area contributed by atoms with Crippen LogP contribution >= 0.6 is 0 Å². The number of methoxy groups -OCH3 is 1. The van der Waals surface area contributed by atoms with Gasteiger partial charge in [-0.2, -0.15) is 0 Å². The number of hydrogen-bond donors (Lipinski definition) is 2. The predicted molar refractivity (Wildman–Crippen MR) is 82.1 cm³/mol. The van der Waals surface area contributed by atoms with Gasteiger partial charge in [-0.3, -0.25) is 0 Å². The molecule has 1 aliphatic heterocycles. The van der Waals surface area contributed by atoms with Crippen LogP contribution < -0.4 is 10.2 Å². The van der Waals surface area contributed by atoms with E-state index in [-0.39, 0.29) is 0 Å². The number of hydrogen-bond acceptors (Lipinski definition) is 4. The van der Waals surface area contributed by atoms with Gasteiger partial charge in [0.15, 0.2) is 0 Å². The topological polar surface area (TPSA) is 44.7 Å². The van der Waals surface area contributed by atoms with Gasteiger partial charge in [-0.1, -0.05) is 18.2 Å². The summed E-state index contributed by atoms with van der Waals surface area (Å²) >= 11 is 0. The van der Waals surface area contributed by atoms with Crippen LogP contribution in [0.1, 0.15) is 25.3 Å². The molecule has 20 heavy (non-hydrogen) atoms. The zero-order valence-electron chi connectivity index (χ0n) is 12.6. The zero-order valence-corrected chi connectivity index (χ0v) is 12.6. The van der Waals surface area contributed by atoms with Gasteiger partial charge in [0.25, 0.3) is 0 Å². The fourth-order valence-electron chi connectivity index (χ4n) is 2.79. The molecule has 1 aliphatic rings. The van der Waals surface area contributed by atoms with Crippen LogP contribution in [0.3, 0.4) is 0 Å². The molecule has 0 spiro atoms. The van der Waals surface area contributed by atoms with E-state index in [0.29, 0.717) is 6.54 Å². The highest BCUT2D eigenvalue weighted by atomic mass is 16.5. The van der Waals surface area contributed by atoms with Gasteiger partial charge in [0.05, 0.1) is 12.2 Å². The van der Waals surface area contributed by atoms with E-state index in [4.69, 9.17) is 4.74 Å². The lowest BCUT2D eigenvalue weighted by molar-refractivity contribution is 0.0449. The largest absolute Gasteiger partial charge is 0.388 e. The maximum Gasteiger partial charge on any atom is 0.0794 e. The van der Waals surface area contributed by atoms with E-state index in [1.807, 2.05) is 6.92 Å². The van der Waals surface area contributed by atoms with Crippen LogP contribution in [0.4, 0.5) is 5.69 Å². The summed E-state index contributed by atoms with van der Waals surface area (Å²) in [6.07, 6.45) is 1.93. The second-order valence-electron chi connectivity index (χ2n) is 5.82. The fraction of sp³-hybridized carbons (Fsp3) is 0.625. The van der Waals surface area contributed by atoms with Crippen molar-refractivity contribution in [2.45, 2.75) is 31.9 Å². The highest BCUT2D eigenvalue weighted by molar-refractivity contribution is 5.54. The Labute approximate surface area is 121 Å². The summed E-state index contributed by atoms with van der Waals surface area (Å²) < 4.78 is 5.05. The minimum atomic E-state index is -0.575. The van der Waals surface area contributed by atoms with Crippen molar-refractivity contribution in [3.8, 4) is 0 Å². The molecule has 0 bridgehead atoms. The molecule has 1 unspecified atom stereocenters. The molecule has 1 fully saturated rings. The molecular formula is C16H26N2O2. The van der Waals surface area contributed by atoms with Crippen LogP contribution in [0.15, 0.2) is 24.3 Å². The van der Waals surface area contributed by atoms with E-state index in [1.165, 1.54) is 11.3 Å². The lowest BCUT2D eigenvalue weighted by Crippen LogP contribution is -2.46. The van der Waals surface area contributed by atoms with Gasteiger partial charge in [-0.05, 0) is 31.4 Å².